The van der Waals surface area contributed by atoms with Crippen LogP contribution in [-0.2, 0) is 9.59 Å². The molecule has 0 heterocycles. The summed E-state index contributed by atoms with van der Waals surface area (Å²) in [5.41, 5.74) is 0.465. The Morgan fingerprint density at radius 2 is 1.75 bits per heavy atom. The first-order valence-corrected chi connectivity index (χ1v) is 6.29. The second-order valence-corrected chi connectivity index (χ2v) is 4.63. The highest BCUT2D eigenvalue weighted by Crippen LogP contribution is 2.29. The monoisotopic (exact) mass is 280 g/mol. The third kappa shape index (κ3) is 4.46. The summed E-state index contributed by atoms with van der Waals surface area (Å²) in [5.74, 6) is -0.0539. The van der Waals surface area contributed by atoms with Crippen LogP contribution in [0.15, 0.2) is 18.2 Å². The first-order chi connectivity index (χ1) is 9.47. The zero-order chi connectivity index (χ0) is 15.1. The van der Waals surface area contributed by atoms with Crippen molar-refractivity contribution in [1.82, 2.24) is 5.32 Å². The molecule has 2 amide bonds. The minimum absolute atomic E-state index is 0.285. The summed E-state index contributed by atoms with van der Waals surface area (Å²) in [7, 11) is 3.02. The van der Waals surface area contributed by atoms with Gasteiger partial charge in [-0.15, -0.1) is 0 Å². The summed E-state index contributed by atoms with van der Waals surface area (Å²) in [6.07, 6.45) is 0. The van der Waals surface area contributed by atoms with Crippen molar-refractivity contribution in [3.8, 4) is 11.5 Å². The normalized spacial score (nSPS) is 10.1. The van der Waals surface area contributed by atoms with Gasteiger partial charge in [0.15, 0.2) is 11.5 Å². The number of ether oxygens (including phenoxy) is 2. The summed E-state index contributed by atoms with van der Waals surface area (Å²) in [6, 6.07) is 4.88. The number of carbonyl (C=O) groups is 2. The van der Waals surface area contributed by atoms with E-state index in [1.165, 1.54) is 14.2 Å². The molecule has 6 heteroatoms. The molecule has 0 radical (unpaired) electrons. The van der Waals surface area contributed by atoms with Gasteiger partial charge in [0.2, 0.25) is 0 Å². The number of amides is 2. The molecule has 110 valence electrons. The standard InChI is InChI=1S/C14H20N2O4/c1-9(2)8-15-13(17)14(18)16-10-5-6-11(19-3)12(7-10)20-4/h5-7,9H,8H2,1-4H3,(H,15,17)(H,16,18). The number of hydrogen-bond acceptors (Lipinski definition) is 4. The number of methoxy groups -OCH3 is 2. The van der Waals surface area contributed by atoms with E-state index >= 15 is 0 Å². The van der Waals surface area contributed by atoms with Crippen LogP contribution in [0.4, 0.5) is 5.69 Å². The van der Waals surface area contributed by atoms with Crippen molar-refractivity contribution >= 4 is 17.5 Å². The highest BCUT2D eigenvalue weighted by molar-refractivity contribution is 6.39. The van der Waals surface area contributed by atoms with Gasteiger partial charge in [0.25, 0.3) is 0 Å². The van der Waals surface area contributed by atoms with Gasteiger partial charge in [-0.25, -0.2) is 0 Å². The van der Waals surface area contributed by atoms with Gasteiger partial charge in [0.05, 0.1) is 14.2 Å². The third-order valence-electron chi connectivity index (χ3n) is 2.52. The number of carbonyl (C=O) groups excluding carboxylic acids is 2. The lowest BCUT2D eigenvalue weighted by molar-refractivity contribution is -0.136. The van der Waals surface area contributed by atoms with Crippen LogP contribution in [0, 0.1) is 5.92 Å². The molecule has 0 aliphatic rings. The Bertz CT molecular complexity index is 486. The first-order valence-electron chi connectivity index (χ1n) is 6.29. The Morgan fingerprint density at radius 3 is 2.30 bits per heavy atom. The summed E-state index contributed by atoms with van der Waals surface area (Å²) < 4.78 is 10.2. The van der Waals surface area contributed by atoms with Gasteiger partial charge < -0.3 is 20.1 Å². The molecule has 0 fully saturated rings. The minimum atomic E-state index is -0.710. The predicted octanol–water partition coefficient (Wildman–Crippen LogP) is 1.41. The SMILES string of the molecule is COc1ccc(NC(=O)C(=O)NCC(C)C)cc1OC. The molecule has 1 rings (SSSR count). The number of hydrogen-bond donors (Lipinski definition) is 2. The van der Waals surface area contributed by atoms with E-state index in [1.807, 2.05) is 13.8 Å². The summed E-state index contributed by atoms with van der Waals surface area (Å²) in [6.45, 7) is 4.36. The lowest BCUT2D eigenvalue weighted by Gasteiger charge is -2.11. The molecule has 6 nitrogen and oxygen atoms in total. The van der Waals surface area contributed by atoms with E-state index in [0.717, 1.165) is 0 Å². The molecule has 0 atom stereocenters. The number of rotatable bonds is 5. The zero-order valence-electron chi connectivity index (χ0n) is 12.1. The maximum Gasteiger partial charge on any atom is 0.313 e. The molecule has 1 aromatic rings. The molecule has 1 aromatic carbocycles. The molecular formula is C14H20N2O4. The molecule has 2 N–H and O–H groups in total. The van der Waals surface area contributed by atoms with E-state index in [2.05, 4.69) is 10.6 Å². The van der Waals surface area contributed by atoms with Crippen molar-refractivity contribution in [3.05, 3.63) is 18.2 Å². The van der Waals surface area contributed by atoms with Crippen LogP contribution in [0.5, 0.6) is 11.5 Å². The van der Waals surface area contributed by atoms with E-state index in [1.54, 1.807) is 18.2 Å². The van der Waals surface area contributed by atoms with Gasteiger partial charge in [-0.05, 0) is 18.1 Å². The zero-order valence-corrected chi connectivity index (χ0v) is 12.1. The van der Waals surface area contributed by atoms with E-state index in [0.29, 0.717) is 23.7 Å². The molecule has 0 unspecified atom stereocenters. The molecule has 0 saturated carbocycles. The summed E-state index contributed by atoms with van der Waals surface area (Å²) in [5, 5.41) is 5.05. The largest absolute Gasteiger partial charge is 0.493 e. The highest BCUT2D eigenvalue weighted by Gasteiger charge is 2.14. The molecule has 0 spiro atoms. The Hall–Kier alpha value is -2.24. The van der Waals surface area contributed by atoms with Crippen molar-refractivity contribution < 1.29 is 19.1 Å². The van der Waals surface area contributed by atoms with Gasteiger partial charge in [0.1, 0.15) is 0 Å². The molecule has 0 aliphatic heterocycles. The van der Waals surface area contributed by atoms with Crippen LogP contribution >= 0.6 is 0 Å². The van der Waals surface area contributed by atoms with Crippen molar-refractivity contribution in [1.29, 1.82) is 0 Å². The Kier molecular flexibility index (Phi) is 5.83. The average Bonchev–Trinajstić information content (AvgIpc) is 2.44. The fraction of sp³-hybridized carbons (Fsp3) is 0.429. The quantitative estimate of drug-likeness (QED) is 0.800. The maximum absolute atomic E-state index is 11.7. The van der Waals surface area contributed by atoms with E-state index in [-0.39, 0.29) is 5.92 Å². The van der Waals surface area contributed by atoms with Crippen LogP contribution in [0.1, 0.15) is 13.8 Å². The van der Waals surface area contributed by atoms with E-state index < -0.39 is 11.8 Å². The Balaban J connectivity index is 2.68. The van der Waals surface area contributed by atoms with Gasteiger partial charge >= 0.3 is 11.8 Å². The van der Waals surface area contributed by atoms with Crippen molar-refractivity contribution in [2.45, 2.75) is 13.8 Å². The molecule has 0 saturated heterocycles. The van der Waals surface area contributed by atoms with Crippen LogP contribution in [0.3, 0.4) is 0 Å². The lowest BCUT2D eigenvalue weighted by Crippen LogP contribution is -2.37. The van der Waals surface area contributed by atoms with Crippen LogP contribution in [0.2, 0.25) is 0 Å². The van der Waals surface area contributed by atoms with E-state index in [4.69, 9.17) is 9.47 Å². The smallest absolute Gasteiger partial charge is 0.313 e. The van der Waals surface area contributed by atoms with Gasteiger partial charge in [-0.3, -0.25) is 9.59 Å². The van der Waals surface area contributed by atoms with Crippen LogP contribution in [-0.4, -0.2) is 32.6 Å². The fourth-order valence-electron chi connectivity index (χ4n) is 1.48. The summed E-state index contributed by atoms with van der Waals surface area (Å²) >= 11 is 0. The maximum atomic E-state index is 11.7. The predicted molar refractivity (Wildman–Crippen MR) is 76.0 cm³/mol. The third-order valence-corrected chi connectivity index (χ3v) is 2.52. The number of anilines is 1. The second-order valence-electron chi connectivity index (χ2n) is 4.63. The van der Waals surface area contributed by atoms with Crippen molar-refractivity contribution in [3.63, 3.8) is 0 Å². The highest BCUT2D eigenvalue weighted by atomic mass is 16.5. The molecule has 0 bridgehead atoms. The van der Waals surface area contributed by atoms with Gasteiger partial charge in [0, 0.05) is 18.3 Å². The lowest BCUT2D eigenvalue weighted by atomic mass is 10.2. The van der Waals surface area contributed by atoms with Crippen LogP contribution in [0.25, 0.3) is 0 Å². The first kappa shape index (κ1) is 15.8. The Morgan fingerprint density at radius 1 is 1.10 bits per heavy atom. The molecule has 0 aromatic heterocycles. The van der Waals surface area contributed by atoms with Gasteiger partial charge in [-0.1, -0.05) is 13.8 Å². The summed E-state index contributed by atoms with van der Waals surface area (Å²) in [4.78, 5) is 23.2. The number of nitrogens with one attached hydrogen (secondary N) is 2. The van der Waals surface area contributed by atoms with Crippen molar-refractivity contribution in [2.24, 2.45) is 5.92 Å². The molecule has 20 heavy (non-hydrogen) atoms. The number of benzene rings is 1. The average molecular weight is 280 g/mol. The molecule has 0 aliphatic carbocycles. The topological polar surface area (TPSA) is 76.7 Å². The van der Waals surface area contributed by atoms with E-state index in [9.17, 15) is 9.59 Å². The van der Waals surface area contributed by atoms with Gasteiger partial charge in [-0.2, -0.15) is 0 Å². The minimum Gasteiger partial charge on any atom is -0.493 e. The Labute approximate surface area is 118 Å². The molecular weight excluding hydrogens is 260 g/mol. The van der Waals surface area contributed by atoms with Crippen molar-refractivity contribution in [2.75, 3.05) is 26.1 Å². The van der Waals surface area contributed by atoms with Crippen LogP contribution < -0.4 is 20.1 Å². The fourth-order valence-corrected chi connectivity index (χ4v) is 1.48. The second kappa shape index (κ2) is 7.37.